The van der Waals surface area contributed by atoms with Crippen LogP contribution in [0.25, 0.3) is 0 Å². The van der Waals surface area contributed by atoms with Crippen LogP contribution in [0.4, 0.5) is 5.69 Å². The molecule has 12 heteroatoms. The standard InChI is InChI=1S/C29H31Cl4N3O4S/c1-5-24(28(38)34-29(2,3)4)35(17-19-14-15-20(30)16-23(19)32)26(37)18-36(25-13-9-12-22(31)27(25)33)41(39,40)21-10-7-6-8-11-21/h6-16,24H,5,17-18H2,1-4H3,(H,34,38). The first-order valence-corrected chi connectivity index (χ1v) is 15.7. The van der Waals surface area contributed by atoms with Crippen LogP contribution in [0.2, 0.25) is 20.1 Å². The Morgan fingerprint density at radius 3 is 2.15 bits per heavy atom. The third kappa shape index (κ3) is 8.30. The van der Waals surface area contributed by atoms with E-state index in [1.165, 1.54) is 35.2 Å². The molecule has 0 aromatic heterocycles. The summed E-state index contributed by atoms with van der Waals surface area (Å²) >= 11 is 25.2. The van der Waals surface area contributed by atoms with E-state index in [0.29, 0.717) is 15.6 Å². The van der Waals surface area contributed by atoms with Crippen LogP contribution in [0.1, 0.15) is 39.7 Å². The van der Waals surface area contributed by atoms with E-state index in [2.05, 4.69) is 5.32 Å². The fourth-order valence-electron chi connectivity index (χ4n) is 4.12. The van der Waals surface area contributed by atoms with Gasteiger partial charge < -0.3 is 10.2 Å². The maximum Gasteiger partial charge on any atom is 0.264 e. The smallest absolute Gasteiger partial charge is 0.264 e. The number of amides is 2. The number of sulfonamides is 1. The van der Waals surface area contributed by atoms with Crippen LogP contribution in [0.3, 0.4) is 0 Å². The summed E-state index contributed by atoms with van der Waals surface area (Å²) < 4.78 is 28.7. The molecule has 2 amide bonds. The fourth-order valence-corrected chi connectivity index (χ4v) is 6.49. The molecule has 0 aliphatic rings. The lowest BCUT2D eigenvalue weighted by Gasteiger charge is -2.35. The predicted octanol–water partition coefficient (Wildman–Crippen LogP) is 7.22. The molecule has 0 radical (unpaired) electrons. The Hall–Kier alpha value is -2.49. The molecule has 0 aliphatic carbocycles. The van der Waals surface area contributed by atoms with Gasteiger partial charge in [-0.25, -0.2) is 8.42 Å². The maximum atomic E-state index is 14.1. The zero-order valence-corrected chi connectivity index (χ0v) is 26.8. The number of nitrogens with zero attached hydrogens (tertiary/aromatic N) is 2. The van der Waals surface area contributed by atoms with Crippen LogP contribution in [-0.2, 0) is 26.2 Å². The van der Waals surface area contributed by atoms with Gasteiger partial charge in [-0.2, -0.15) is 0 Å². The van der Waals surface area contributed by atoms with E-state index >= 15 is 0 Å². The summed E-state index contributed by atoms with van der Waals surface area (Å²) in [5.74, 6) is -1.04. The van der Waals surface area contributed by atoms with Gasteiger partial charge in [0.1, 0.15) is 12.6 Å². The average molecular weight is 659 g/mol. The average Bonchev–Trinajstić information content (AvgIpc) is 2.89. The fraction of sp³-hybridized carbons (Fsp3) is 0.310. The number of anilines is 1. The number of hydrogen-bond donors (Lipinski definition) is 1. The molecule has 0 saturated heterocycles. The van der Waals surface area contributed by atoms with Gasteiger partial charge in [0.15, 0.2) is 0 Å². The van der Waals surface area contributed by atoms with Crippen molar-refractivity contribution in [3.63, 3.8) is 0 Å². The molecule has 0 aliphatic heterocycles. The molecule has 0 saturated carbocycles. The van der Waals surface area contributed by atoms with Crippen molar-refractivity contribution in [3.8, 4) is 0 Å². The monoisotopic (exact) mass is 657 g/mol. The zero-order chi connectivity index (χ0) is 30.5. The summed E-state index contributed by atoms with van der Waals surface area (Å²) in [6, 6.07) is 16.1. The number of hydrogen-bond acceptors (Lipinski definition) is 4. The van der Waals surface area contributed by atoms with E-state index in [9.17, 15) is 18.0 Å². The number of carbonyl (C=O) groups is 2. The van der Waals surface area contributed by atoms with Crippen LogP contribution in [-0.4, -0.2) is 43.3 Å². The Morgan fingerprint density at radius 1 is 0.902 bits per heavy atom. The number of halogens is 4. The Labute approximate surface area is 261 Å². The summed E-state index contributed by atoms with van der Waals surface area (Å²) in [7, 11) is -4.29. The van der Waals surface area contributed by atoms with Gasteiger partial charge in [0.05, 0.1) is 20.6 Å². The van der Waals surface area contributed by atoms with Gasteiger partial charge in [-0.3, -0.25) is 13.9 Å². The molecular weight excluding hydrogens is 628 g/mol. The Morgan fingerprint density at radius 2 is 1.56 bits per heavy atom. The molecule has 1 atom stereocenters. The first-order valence-electron chi connectivity index (χ1n) is 12.7. The number of carbonyl (C=O) groups excluding carboxylic acids is 2. The molecular formula is C29H31Cl4N3O4S. The molecule has 0 spiro atoms. The lowest BCUT2D eigenvalue weighted by molar-refractivity contribution is -0.141. The normalized spacial score (nSPS) is 12.5. The van der Waals surface area contributed by atoms with Gasteiger partial charge in [0.2, 0.25) is 11.8 Å². The SMILES string of the molecule is CCC(C(=O)NC(C)(C)C)N(Cc1ccc(Cl)cc1Cl)C(=O)CN(c1cccc(Cl)c1Cl)S(=O)(=O)c1ccccc1. The van der Waals surface area contributed by atoms with Crippen molar-refractivity contribution in [2.75, 3.05) is 10.8 Å². The molecule has 0 bridgehead atoms. The van der Waals surface area contributed by atoms with Crippen molar-refractivity contribution in [1.82, 2.24) is 10.2 Å². The minimum absolute atomic E-state index is 0.0213. The highest BCUT2D eigenvalue weighted by Crippen LogP contribution is 2.36. The highest BCUT2D eigenvalue weighted by Gasteiger charge is 2.35. The van der Waals surface area contributed by atoms with Gasteiger partial charge in [0, 0.05) is 22.1 Å². The molecule has 0 fully saturated rings. The van der Waals surface area contributed by atoms with Crippen molar-refractivity contribution in [3.05, 3.63) is 92.4 Å². The topological polar surface area (TPSA) is 86.8 Å². The van der Waals surface area contributed by atoms with E-state index in [0.717, 1.165) is 4.31 Å². The van der Waals surface area contributed by atoms with Crippen LogP contribution in [0.15, 0.2) is 71.6 Å². The molecule has 3 aromatic carbocycles. The van der Waals surface area contributed by atoms with Crippen molar-refractivity contribution in [2.45, 2.75) is 57.1 Å². The van der Waals surface area contributed by atoms with E-state index in [1.54, 1.807) is 43.3 Å². The Kier molecular flexibility index (Phi) is 11.0. The van der Waals surface area contributed by atoms with E-state index in [4.69, 9.17) is 46.4 Å². The van der Waals surface area contributed by atoms with Gasteiger partial charge in [-0.1, -0.05) is 83.7 Å². The van der Waals surface area contributed by atoms with Gasteiger partial charge in [0.25, 0.3) is 10.0 Å². The number of benzene rings is 3. The van der Waals surface area contributed by atoms with Crippen molar-refractivity contribution < 1.29 is 18.0 Å². The number of rotatable bonds is 10. The second-order valence-electron chi connectivity index (χ2n) is 10.3. The molecule has 3 aromatic rings. The quantitative estimate of drug-likeness (QED) is 0.249. The van der Waals surface area contributed by atoms with E-state index in [-0.39, 0.29) is 33.6 Å². The van der Waals surface area contributed by atoms with Gasteiger partial charge in [-0.15, -0.1) is 0 Å². The minimum atomic E-state index is -4.29. The lowest BCUT2D eigenvalue weighted by atomic mass is 10.1. The van der Waals surface area contributed by atoms with E-state index < -0.39 is 40.0 Å². The lowest BCUT2D eigenvalue weighted by Crippen LogP contribution is -2.55. The zero-order valence-electron chi connectivity index (χ0n) is 23.0. The summed E-state index contributed by atoms with van der Waals surface area (Å²) in [5, 5.41) is 3.70. The Bertz CT molecular complexity index is 1510. The van der Waals surface area contributed by atoms with Crippen LogP contribution >= 0.6 is 46.4 Å². The third-order valence-electron chi connectivity index (χ3n) is 6.05. The largest absolute Gasteiger partial charge is 0.350 e. The molecule has 1 unspecified atom stereocenters. The van der Waals surface area contributed by atoms with Crippen molar-refractivity contribution >= 4 is 73.9 Å². The van der Waals surface area contributed by atoms with Crippen LogP contribution in [0, 0.1) is 0 Å². The molecule has 3 rings (SSSR count). The second kappa shape index (κ2) is 13.7. The summed E-state index contributed by atoms with van der Waals surface area (Å²) in [6.07, 6.45) is 0.252. The van der Waals surface area contributed by atoms with Gasteiger partial charge >= 0.3 is 0 Å². The van der Waals surface area contributed by atoms with E-state index in [1.807, 2.05) is 20.8 Å². The highest BCUT2D eigenvalue weighted by molar-refractivity contribution is 7.92. The summed E-state index contributed by atoms with van der Waals surface area (Å²) in [5.41, 5.74) is -0.0218. The second-order valence-corrected chi connectivity index (χ2v) is 13.8. The first-order chi connectivity index (χ1) is 19.2. The number of nitrogens with one attached hydrogen (secondary N) is 1. The summed E-state index contributed by atoms with van der Waals surface area (Å²) in [6.45, 7) is 6.51. The molecule has 0 heterocycles. The Balaban J connectivity index is 2.13. The maximum absolute atomic E-state index is 14.1. The molecule has 7 nitrogen and oxygen atoms in total. The molecule has 1 N–H and O–H groups in total. The van der Waals surface area contributed by atoms with Crippen molar-refractivity contribution in [1.29, 1.82) is 0 Å². The minimum Gasteiger partial charge on any atom is -0.350 e. The van der Waals surface area contributed by atoms with Crippen LogP contribution in [0.5, 0.6) is 0 Å². The first kappa shape index (κ1) is 33.0. The van der Waals surface area contributed by atoms with Crippen LogP contribution < -0.4 is 9.62 Å². The summed E-state index contributed by atoms with van der Waals surface area (Å²) in [4.78, 5) is 28.8. The molecule has 220 valence electrons. The van der Waals surface area contributed by atoms with Gasteiger partial charge in [-0.05, 0) is 69.2 Å². The molecule has 41 heavy (non-hydrogen) atoms. The third-order valence-corrected chi connectivity index (χ3v) is 9.22. The van der Waals surface area contributed by atoms with Crippen molar-refractivity contribution in [2.24, 2.45) is 0 Å². The predicted molar refractivity (Wildman–Crippen MR) is 166 cm³/mol. The highest BCUT2D eigenvalue weighted by atomic mass is 35.5.